The summed E-state index contributed by atoms with van der Waals surface area (Å²) in [6.07, 6.45) is 1.93. The van der Waals surface area contributed by atoms with Crippen molar-refractivity contribution in [1.29, 1.82) is 0 Å². The second-order valence-electron chi connectivity index (χ2n) is 1.30. The van der Waals surface area contributed by atoms with E-state index in [2.05, 4.69) is 0 Å². The van der Waals surface area contributed by atoms with Gasteiger partial charge in [0.1, 0.15) is 11.5 Å². The molecule has 0 rings (SSSR count). The molecule has 7 heavy (non-hydrogen) atoms. The lowest BCUT2D eigenvalue weighted by Gasteiger charge is -2.04. The minimum Gasteiger partial charge on any atom is -0.616 e. The van der Waals surface area contributed by atoms with E-state index in [0.717, 1.165) is 11.5 Å². The van der Waals surface area contributed by atoms with Gasteiger partial charge in [-0.3, -0.25) is 0 Å². The standard InChI is InChI=1S/C5H11OS/c1-3-5-7(6)4-2/h3H,4-5H2,1-2H3. The monoisotopic (exact) mass is 119 g/mol. The molecule has 0 amide bonds. The molecule has 1 nitrogen and oxygen atoms in total. The Kier molecular flexibility index (Phi) is 4.67. The van der Waals surface area contributed by atoms with Gasteiger partial charge in [-0.25, -0.2) is 0 Å². The zero-order valence-corrected chi connectivity index (χ0v) is 5.62. The van der Waals surface area contributed by atoms with Crippen LogP contribution >= 0.6 is 0 Å². The molecule has 1 unspecified atom stereocenters. The molecule has 0 heterocycles. The van der Waals surface area contributed by atoms with Gasteiger partial charge in [0, 0.05) is 6.42 Å². The molecule has 0 spiro atoms. The topological polar surface area (TPSA) is 23.1 Å². The molecule has 0 N–H and O–H groups in total. The summed E-state index contributed by atoms with van der Waals surface area (Å²) in [6.45, 7) is 3.85. The predicted octanol–water partition coefficient (Wildman–Crippen LogP) is 0.979. The molecule has 0 aliphatic rings. The van der Waals surface area contributed by atoms with Crippen LogP contribution in [0.4, 0.5) is 0 Å². The van der Waals surface area contributed by atoms with Crippen LogP contribution < -0.4 is 0 Å². The van der Waals surface area contributed by atoms with E-state index in [-0.39, 0.29) is 0 Å². The minimum absolute atomic E-state index is 0.583. The van der Waals surface area contributed by atoms with E-state index in [1.807, 2.05) is 20.3 Å². The maximum Gasteiger partial charge on any atom is 0.108 e. The van der Waals surface area contributed by atoms with Crippen molar-refractivity contribution in [2.45, 2.75) is 13.8 Å². The summed E-state index contributed by atoms with van der Waals surface area (Å²) in [5.41, 5.74) is 0. The van der Waals surface area contributed by atoms with E-state index < -0.39 is 11.2 Å². The van der Waals surface area contributed by atoms with Gasteiger partial charge < -0.3 is 4.55 Å². The molecule has 0 fully saturated rings. The molecule has 1 radical (unpaired) electrons. The summed E-state index contributed by atoms with van der Waals surface area (Å²) in [5, 5.41) is 0. The average molecular weight is 119 g/mol. The van der Waals surface area contributed by atoms with Crippen LogP contribution in [0.1, 0.15) is 13.8 Å². The second kappa shape index (κ2) is 4.47. The number of hydrogen-bond donors (Lipinski definition) is 0. The first kappa shape index (κ1) is 7.31. The van der Waals surface area contributed by atoms with Gasteiger partial charge in [0.05, 0.1) is 0 Å². The Morgan fingerprint density at radius 1 is 1.71 bits per heavy atom. The quantitative estimate of drug-likeness (QED) is 0.508. The molecule has 2 heteroatoms. The molecular weight excluding hydrogens is 108 g/mol. The SMILES string of the molecule is C[CH]C[S+]([O-])CC. The largest absolute Gasteiger partial charge is 0.616 e. The van der Waals surface area contributed by atoms with Crippen LogP contribution in [0, 0.1) is 6.42 Å². The highest BCUT2D eigenvalue weighted by molar-refractivity contribution is 7.91. The van der Waals surface area contributed by atoms with Crippen LogP contribution in [0.15, 0.2) is 0 Å². The second-order valence-corrected chi connectivity index (χ2v) is 3.09. The molecule has 0 aliphatic carbocycles. The lowest BCUT2D eigenvalue weighted by atomic mass is 10.6. The van der Waals surface area contributed by atoms with Crippen molar-refractivity contribution in [1.82, 2.24) is 0 Å². The smallest absolute Gasteiger partial charge is 0.108 e. The van der Waals surface area contributed by atoms with Gasteiger partial charge in [-0.15, -0.1) is 0 Å². The molecule has 0 bridgehead atoms. The van der Waals surface area contributed by atoms with Crippen molar-refractivity contribution in [3.8, 4) is 0 Å². The summed E-state index contributed by atoms with van der Waals surface area (Å²) in [6, 6.07) is 0. The Balaban J connectivity index is 2.83. The summed E-state index contributed by atoms with van der Waals surface area (Å²) in [5.74, 6) is 1.53. The highest BCUT2D eigenvalue weighted by Crippen LogP contribution is 1.89. The first-order valence-electron chi connectivity index (χ1n) is 2.44. The van der Waals surface area contributed by atoms with Gasteiger partial charge in [0.25, 0.3) is 0 Å². The fraction of sp³-hybridized carbons (Fsp3) is 0.800. The van der Waals surface area contributed by atoms with Crippen molar-refractivity contribution in [2.24, 2.45) is 0 Å². The third-order valence-corrected chi connectivity index (χ3v) is 2.02. The molecular formula is C5H11OS. The zero-order valence-electron chi connectivity index (χ0n) is 4.81. The predicted molar refractivity (Wildman–Crippen MR) is 33.5 cm³/mol. The van der Waals surface area contributed by atoms with Crippen LogP contribution in [0.25, 0.3) is 0 Å². The van der Waals surface area contributed by atoms with E-state index in [4.69, 9.17) is 0 Å². The zero-order chi connectivity index (χ0) is 5.70. The van der Waals surface area contributed by atoms with E-state index in [1.165, 1.54) is 0 Å². The van der Waals surface area contributed by atoms with E-state index >= 15 is 0 Å². The number of hydrogen-bond acceptors (Lipinski definition) is 1. The maximum absolute atomic E-state index is 10.5. The Labute approximate surface area is 48.3 Å². The Morgan fingerprint density at radius 2 is 2.29 bits per heavy atom. The van der Waals surface area contributed by atoms with Crippen LogP contribution in [-0.4, -0.2) is 16.1 Å². The summed E-state index contributed by atoms with van der Waals surface area (Å²) < 4.78 is 10.5. The fourth-order valence-corrected chi connectivity index (χ4v) is 0.911. The van der Waals surface area contributed by atoms with Crippen molar-refractivity contribution < 1.29 is 4.55 Å². The molecule has 43 valence electrons. The van der Waals surface area contributed by atoms with Gasteiger partial charge in [0.15, 0.2) is 0 Å². The van der Waals surface area contributed by atoms with Gasteiger partial charge in [-0.1, -0.05) is 18.1 Å². The van der Waals surface area contributed by atoms with Gasteiger partial charge >= 0.3 is 0 Å². The van der Waals surface area contributed by atoms with Crippen molar-refractivity contribution in [3.63, 3.8) is 0 Å². The Hall–Kier alpha value is 0.310. The van der Waals surface area contributed by atoms with Crippen molar-refractivity contribution in [2.75, 3.05) is 11.5 Å². The van der Waals surface area contributed by atoms with Crippen LogP contribution in [-0.2, 0) is 11.2 Å². The molecule has 0 saturated carbocycles. The highest BCUT2D eigenvalue weighted by atomic mass is 32.2. The normalized spacial score (nSPS) is 14.1. The van der Waals surface area contributed by atoms with Gasteiger partial charge in [-0.05, 0) is 6.92 Å². The van der Waals surface area contributed by atoms with E-state index in [0.29, 0.717) is 0 Å². The third kappa shape index (κ3) is 4.16. The molecule has 0 saturated heterocycles. The Bertz CT molecular complexity index is 39.1. The average Bonchev–Trinajstić information content (AvgIpc) is 1.68. The first-order valence-corrected chi connectivity index (χ1v) is 3.92. The van der Waals surface area contributed by atoms with E-state index in [1.54, 1.807) is 0 Å². The van der Waals surface area contributed by atoms with Crippen molar-refractivity contribution in [3.05, 3.63) is 6.42 Å². The molecule has 0 aromatic rings. The lowest BCUT2D eigenvalue weighted by Crippen LogP contribution is -2.07. The van der Waals surface area contributed by atoms with Crippen LogP contribution in [0.2, 0.25) is 0 Å². The van der Waals surface area contributed by atoms with Gasteiger partial charge in [-0.2, -0.15) is 0 Å². The maximum atomic E-state index is 10.5. The van der Waals surface area contributed by atoms with Crippen LogP contribution in [0.3, 0.4) is 0 Å². The van der Waals surface area contributed by atoms with E-state index in [9.17, 15) is 4.55 Å². The highest BCUT2D eigenvalue weighted by Gasteiger charge is 1.95. The molecule has 0 aromatic carbocycles. The van der Waals surface area contributed by atoms with Crippen molar-refractivity contribution >= 4 is 11.2 Å². The summed E-state index contributed by atoms with van der Waals surface area (Å²) >= 11 is -0.583. The third-order valence-electron chi connectivity index (χ3n) is 0.675. The number of rotatable bonds is 3. The van der Waals surface area contributed by atoms with Gasteiger partial charge in [0.2, 0.25) is 0 Å². The molecule has 0 aromatic heterocycles. The molecule has 1 atom stereocenters. The lowest BCUT2D eigenvalue weighted by molar-refractivity contribution is 0.598. The molecule has 0 aliphatic heterocycles. The minimum atomic E-state index is -0.583. The fourth-order valence-electron chi connectivity index (χ4n) is 0.304. The Morgan fingerprint density at radius 3 is 2.43 bits per heavy atom. The summed E-state index contributed by atoms with van der Waals surface area (Å²) in [7, 11) is 0. The van der Waals surface area contributed by atoms with Crippen LogP contribution in [0.5, 0.6) is 0 Å². The summed E-state index contributed by atoms with van der Waals surface area (Å²) in [4.78, 5) is 0. The first-order chi connectivity index (χ1) is 3.31.